The summed E-state index contributed by atoms with van der Waals surface area (Å²) in [5, 5.41) is 0. The molecule has 2 aliphatic carbocycles. The van der Waals surface area contributed by atoms with Crippen molar-refractivity contribution in [3.05, 3.63) is 34.8 Å². The van der Waals surface area contributed by atoms with Gasteiger partial charge in [0.05, 0.1) is 6.26 Å². The molecule has 0 spiro atoms. The highest BCUT2D eigenvalue weighted by molar-refractivity contribution is 5.87. The van der Waals surface area contributed by atoms with E-state index in [0.717, 1.165) is 18.6 Å². The van der Waals surface area contributed by atoms with Gasteiger partial charge in [-0.15, -0.1) is 0 Å². The summed E-state index contributed by atoms with van der Waals surface area (Å²) in [6.45, 7) is 10.5. The average molecular weight is 316 g/mol. The van der Waals surface area contributed by atoms with E-state index in [9.17, 15) is 4.79 Å². The Balaban J connectivity index is 2.02. The van der Waals surface area contributed by atoms with Gasteiger partial charge >= 0.3 is 5.97 Å². The number of ether oxygens (including phenoxy) is 1. The van der Waals surface area contributed by atoms with Crippen LogP contribution in [0.3, 0.4) is 0 Å². The summed E-state index contributed by atoms with van der Waals surface area (Å²) in [6.07, 6.45) is 7.98. The van der Waals surface area contributed by atoms with Crippen LogP contribution < -0.4 is 0 Å². The van der Waals surface area contributed by atoms with E-state index in [2.05, 4.69) is 20.8 Å². The molecular formula is C20H28O3. The quantitative estimate of drug-likeness (QED) is 0.560. The highest BCUT2D eigenvalue weighted by atomic mass is 16.6. The lowest BCUT2D eigenvalue weighted by Gasteiger charge is -2.51. The van der Waals surface area contributed by atoms with E-state index in [-0.39, 0.29) is 17.5 Å². The molecule has 1 aromatic heterocycles. The highest BCUT2D eigenvalue weighted by Gasteiger charge is 2.52. The Morgan fingerprint density at radius 1 is 1.43 bits per heavy atom. The number of esters is 1. The predicted molar refractivity (Wildman–Crippen MR) is 90.0 cm³/mol. The fourth-order valence-electron chi connectivity index (χ4n) is 4.45. The highest BCUT2D eigenvalue weighted by Crippen LogP contribution is 2.57. The molecule has 1 aromatic rings. The summed E-state index contributed by atoms with van der Waals surface area (Å²) in [7, 11) is 0. The van der Waals surface area contributed by atoms with Crippen LogP contribution in [-0.2, 0) is 16.0 Å². The predicted octanol–water partition coefficient (Wildman–Crippen LogP) is 5.14. The molecule has 4 atom stereocenters. The van der Waals surface area contributed by atoms with E-state index in [1.54, 1.807) is 0 Å². The first-order valence-corrected chi connectivity index (χ1v) is 8.79. The molecule has 2 aliphatic rings. The zero-order chi connectivity index (χ0) is 16.8. The van der Waals surface area contributed by atoms with Gasteiger partial charge in [0.1, 0.15) is 5.76 Å². The Morgan fingerprint density at radius 2 is 2.17 bits per heavy atom. The minimum atomic E-state index is -0.248. The molecule has 1 fully saturated rings. The number of allylic oxidation sites excluding steroid dienone is 1. The third-order valence-corrected chi connectivity index (χ3v) is 6.43. The van der Waals surface area contributed by atoms with Gasteiger partial charge in [0.25, 0.3) is 0 Å². The lowest BCUT2D eigenvalue weighted by atomic mass is 9.55. The van der Waals surface area contributed by atoms with Crippen molar-refractivity contribution in [3.8, 4) is 0 Å². The first-order chi connectivity index (χ1) is 10.9. The average Bonchev–Trinajstić information content (AvgIpc) is 2.88. The van der Waals surface area contributed by atoms with E-state index in [0.29, 0.717) is 17.4 Å². The fourth-order valence-corrected chi connectivity index (χ4v) is 4.45. The monoisotopic (exact) mass is 316 g/mol. The summed E-state index contributed by atoms with van der Waals surface area (Å²) in [5.74, 6) is 1.64. The normalized spacial score (nSPS) is 33.8. The molecular weight excluding hydrogens is 288 g/mol. The van der Waals surface area contributed by atoms with Crippen LogP contribution >= 0.6 is 0 Å². The second kappa shape index (κ2) is 5.85. The van der Waals surface area contributed by atoms with E-state index in [4.69, 9.17) is 9.15 Å². The molecule has 0 aromatic carbocycles. The van der Waals surface area contributed by atoms with Crippen LogP contribution in [0.15, 0.2) is 22.3 Å². The zero-order valence-electron chi connectivity index (χ0n) is 14.9. The number of rotatable bonds is 2. The molecule has 0 aliphatic heterocycles. The summed E-state index contributed by atoms with van der Waals surface area (Å²) < 4.78 is 11.8. The van der Waals surface area contributed by atoms with Gasteiger partial charge in [-0.05, 0) is 50.5 Å². The zero-order valence-corrected chi connectivity index (χ0v) is 14.9. The van der Waals surface area contributed by atoms with Crippen LogP contribution in [0.1, 0.15) is 69.9 Å². The molecule has 3 rings (SSSR count). The van der Waals surface area contributed by atoms with E-state index >= 15 is 0 Å². The van der Waals surface area contributed by atoms with Crippen molar-refractivity contribution in [2.45, 2.75) is 66.4 Å². The van der Waals surface area contributed by atoms with E-state index < -0.39 is 0 Å². The number of aryl methyl sites for hydroxylation is 1. The van der Waals surface area contributed by atoms with Gasteiger partial charge in [0.2, 0.25) is 0 Å². The Labute approximate surface area is 139 Å². The number of hydrogen-bond acceptors (Lipinski definition) is 3. The SMILES string of the molecule is CC=C(C)C(=O)O[C@H]1c2occ(C)c2C[C@@]2(C)[C@H](C)CCC[C@H]12. The minimum Gasteiger partial charge on any atom is -0.465 e. The summed E-state index contributed by atoms with van der Waals surface area (Å²) in [6, 6.07) is 0. The summed E-state index contributed by atoms with van der Waals surface area (Å²) in [5.41, 5.74) is 3.27. The van der Waals surface area contributed by atoms with Crippen LogP contribution in [0.2, 0.25) is 0 Å². The molecule has 0 bridgehead atoms. The largest absolute Gasteiger partial charge is 0.465 e. The third kappa shape index (κ3) is 2.54. The van der Waals surface area contributed by atoms with E-state index in [1.165, 1.54) is 24.0 Å². The molecule has 0 N–H and O–H groups in total. The molecule has 3 heteroatoms. The molecule has 3 nitrogen and oxygen atoms in total. The fraction of sp³-hybridized carbons (Fsp3) is 0.650. The number of carbonyl (C=O) groups is 1. The first kappa shape index (κ1) is 16.4. The van der Waals surface area contributed by atoms with Gasteiger partial charge in [-0.3, -0.25) is 0 Å². The smallest absolute Gasteiger partial charge is 0.334 e. The van der Waals surface area contributed by atoms with E-state index in [1.807, 2.05) is 26.2 Å². The van der Waals surface area contributed by atoms with Crippen molar-refractivity contribution >= 4 is 5.97 Å². The molecule has 0 amide bonds. The summed E-state index contributed by atoms with van der Waals surface area (Å²) >= 11 is 0. The molecule has 23 heavy (non-hydrogen) atoms. The molecule has 0 unspecified atom stereocenters. The van der Waals surface area contributed by atoms with Crippen molar-refractivity contribution in [2.24, 2.45) is 17.3 Å². The van der Waals surface area contributed by atoms with Gasteiger partial charge in [0.15, 0.2) is 6.10 Å². The Kier molecular flexibility index (Phi) is 4.16. The number of hydrogen-bond donors (Lipinski definition) is 0. The van der Waals surface area contributed by atoms with Gasteiger partial charge < -0.3 is 9.15 Å². The molecule has 0 radical (unpaired) electrons. The molecule has 0 saturated heterocycles. The lowest BCUT2D eigenvalue weighted by Crippen LogP contribution is -2.46. The van der Waals surface area contributed by atoms with Crippen molar-refractivity contribution in [3.63, 3.8) is 0 Å². The van der Waals surface area contributed by atoms with Crippen LogP contribution in [0.4, 0.5) is 0 Å². The topological polar surface area (TPSA) is 39.4 Å². The number of fused-ring (bicyclic) bond motifs is 2. The van der Waals surface area contributed by atoms with Crippen molar-refractivity contribution in [1.82, 2.24) is 0 Å². The molecule has 1 heterocycles. The van der Waals surface area contributed by atoms with Crippen molar-refractivity contribution in [1.29, 1.82) is 0 Å². The Morgan fingerprint density at radius 3 is 2.87 bits per heavy atom. The van der Waals surface area contributed by atoms with Gasteiger partial charge in [-0.1, -0.05) is 32.8 Å². The van der Waals surface area contributed by atoms with Gasteiger partial charge in [0, 0.05) is 17.1 Å². The molecule has 1 saturated carbocycles. The maximum atomic E-state index is 12.4. The second-order valence-electron chi connectivity index (χ2n) is 7.68. The summed E-state index contributed by atoms with van der Waals surface area (Å²) in [4.78, 5) is 12.4. The standard InChI is InChI=1S/C20H28O3/c1-6-12(2)19(21)23-18-16-9-7-8-14(4)20(16,5)10-15-13(3)11-22-17(15)18/h6,11,14,16,18H,7-10H2,1-5H3/t14-,16-,18-,20+/m1/s1. The molecule has 126 valence electrons. The van der Waals surface area contributed by atoms with Gasteiger partial charge in [-0.2, -0.15) is 0 Å². The Bertz CT molecular complexity index is 639. The maximum absolute atomic E-state index is 12.4. The minimum absolute atomic E-state index is 0.175. The lowest BCUT2D eigenvalue weighted by molar-refractivity contribution is -0.157. The van der Waals surface area contributed by atoms with Crippen LogP contribution in [0.5, 0.6) is 0 Å². The first-order valence-electron chi connectivity index (χ1n) is 8.79. The third-order valence-electron chi connectivity index (χ3n) is 6.43. The number of furan rings is 1. The Hall–Kier alpha value is -1.51. The van der Waals surface area contributed by atoms with Crippen molar-refractivity contribution < 1.29 is 13.9 Å². The van der Waals surface area contributed by atoms with Crippen molar-refractivity contribution in [2.75, 3.05) is 0 Å². The van der Waals surface area contributed by atoms with Gasteiger partial charge in [-0.25, -0.2) is 4.79 Å². The van der Waals surface area contributed by atoms with Crippen LogP contribution in [0.25, 0.3) is 0 Å². The van der Waals surface area contributed by atoms with Crippen LogP contribution in [-0.4, -0.2) is 5.97 Å². The maximum Gasteiger partial charge on any atom is 0.334 e. The second-order valence-corrected chi connectivity index (χ2v) is 7.68. The number of carbonyl (C=O) groups excluding carboxylic acids is 1. The van der Waals surface area contributed by atoms with Crippen LogP contribution in [0, 0.1) is 24.2 Å².